The summed E-state index contributed by atoms with van der Waals surface area (Å²) in [6.07, 6.45) is -4.83. The van der Waals surface area contributed by atoms with Gasteiger partial charge in [-0.1, -0.05) is 29.3 Å². The molecule has 10 heteroatoms. The van der Waals surface area contributed by atoms with Gasteiger partial charge in [0.25, 0.3) is 0 Å². The van der Waals surface area contributed by atoms with Gasteiger partial charge in [-0.05, 0) is 50.1 Å². The molecule has 2 aromatic rings. The number of anilines is 1. The highest BCUT2D eigenvalue weighted by atomic mass is 35.5. The lowest BCUT2D eigenvalue weighted by atomic mass is 10.1. The van der Waals surface area contributed by atoms with E-state index in [-0.39, 0.29) is 21.2 Å². The molecule has 0 aliphatic heterocycles. The molecule has 29 heavy (non-hydrogen) atoms. The minimum Gasteiger partial charge on any atom is -0.383 e. The molecule has 0 saturated heterocycles. The van der Waals surface area contributed by atoms with Crippen LogP contribution < -0.4 is 10.0 Å². The zero-order chi connectivity index (χ0) is 22.0. The number of nitrogens with one attached hydrogen (secondary N) is 2. The highest BCUT2D eigenvalue weighted by molar-refractivity contribution is 7.89. The quantitative estimate of drug-likeness (QED) is 0.687. The Hall–Kier alpha value is -2.28. The van der Waals surface area contributed by atoms with Crippen molar-refractivity contribution in [3.05, 3.63) is 57.6 Å². The highest BCUT2D eigenvalue weighted by Crippen LogP contribution is 2.27. The predicted molar refractivity (Wildman–Crippen MR) is 105 cm³/mol. The first-order chi connectivity index (χ1) is 13.3. The number of aryl methyl sites for hydroxylation is 3. The lowest BCUT2D eigenvalue weighted by molar-refractivity contribution is -0.148. The van der Waals surface area contributed by atoms with Gasteiger partial charge in [-0.2, -0.15) is 23.2 Å². The molecule has 0 aliphatic rings. The van der Waals surface area contributed by atoms with E-state index in [2.05, 4.69) is 5.32 Å². The third-order valence-electron chi connectivity index (χ3n) is 4.17. The van der Waals surface area contributed by atoms with Gasteiger partial charge in [0.15, 0.2) is 0 Å². The number of sulfonamides is 1. The summed E-state index contributed by atoms with van der Waals surface area (Å²) in [6.45, 7) is 4.09. The van der Waals surface area contributed by atoms with E-state index in [1.807, 2.05) is 6.07 Å². The van der Waals surface area contributed by atoms with E-state index < -0.39 is 28.8 Å². The lowest BCUT2D eigenvalue weighted by Gasteiger charge is -2.23. The number of rotatable bonds is 6. The van der Waals surface area contributed by atoms with E-state index in [4.69, 9.17) is 16.9 Å². The van der Waals surface area contributed by atoms with Crippen molar-refractivity contribution in [3.8, 4) is 6.07 Å². The molecule has 0 spiro atoms. The SMILES string of the molecule is Cc1cc(C)c(S(=O)(=O)NC(CNc2ccc(C#N)c(Cl)c2)C(F)(F)F)c(C)c1. The normalized spacial score (nSPS) is 13.0. The smallest absolute Gasteiger partial charge is 0.383 e. The zero-order valence-electron chi connectivity index (χ0n) is 15.9. The summed E-state index contributed by atoms with van der Waals surface area (Å²) in [4.78, 5) is -0.168. The van der Waals surface area contributed by atoms with Crippen molar-refractivity contribution < 1.29 is 21.6 Å². The monoisotopic (exact) mass is 445 g/mol. The van der Waals surface area contributed by atoms with E-state index in [9.17, 15) is 21.6 Å². The van der Waals surface area contributed by atoms with E-state index in [1.54, 1.807) is 23.8 Å². The second-order valence-electron chi connectivity index (χ2n) is 6.63. The van der Waals surface area contributed by atoms with Crippen LogP contribution in [0.1, 0.15) is 22.3 Å². The van der Waals surface area contributed by atoms with Gasteiger partial charge in [-0.25, -0.2) is 8.42 Å². The van der Waals surface area contributed by atoms with Crippen molar-refractivity contribution >= 4 is 27.3 Å². The molecule has 0 aliphatic carbocycles. The molecular weight excluding hydrogens is 427 g/mol. The topological polar surface area (TPSA) is 82.0 Å². The van der Waals surface area contributed by atoms with Gasteiger partial charge in [-0.15, -0.1) is 0 Å². The van der Waals surface area contributed by atoms with Gasteiger partial charge in [0, 0.05) is 12.2 Å². The maximum Gasteiger partial charge on any atom is 0.406 e. The fourth-order valence-corrected chi connectivity index (χ4v) is 4.89. The number of nitriles is 1. The Kier molecular flexibility index (Phi) is 6.83. The van der Waals surface area contributed by atoms with Gasteiger partial charge < -0.3 is 5.32 Å². The van der Waals surface area contributed by atoms with Crippen molar-refractivity contribution in [2.45, 2.75) is 37.9 Å². The average Bonchev–Trinajstić information content (AvgIpc) is 2.56. The van der Waals surface area contributed by atoms with E-state index in [0.29, 0.717) is 11.1 Å². The van der Waals surface area contributed by atoms with Crippen LogP contribution in [-0.4, -0.2) is 27.2 Å². The summed E-state index contributed by atoms with van der Waals surface area (Å²) in [5.74, 6) is 0. The standard InChI is InChI=1S/C19H19ClF3N3O2S/c1-11-6-12(2)18(13(3)7-11)29(27,28)26-17(19(21,22)23)10-25-15-5-4-14(9-24)16(20)8-15/h4-8,17,25-26H,10H2,1-3H3. The first kappa shape index (κ1) is 23.0. The fourth-order valence-electron chi connectivity index (χ4n) is 3.00. The van der Waals surface area contributed by atoms with Crippen molar-refractivity contribution in [2.24, 2.45) is 0 Å². The summed E-state index contributed by atoms with van der Waals surface area (Å²) in [7, 11) is -4.42. The molecule has 2 rings (SSSR count). The van der Waals surface area contributed by atoms with Crippen molar-refractivity contribution in [1.82, 2.24) is 4.72 Å². The third-order valence-corrected chi connectivity index (χ3v) is 6.25. The Morgan fingerprint density at radius 3 is 2.21 bits per heavy atom. The summed E-state index contributed by atoms with van der Waals surface area (Å²) in [6, 6.07) is 6.72. The second-order valence-corrected chi connectivity index (χ2v) is 8.69. The van der Waals surface area contributed by atoms with Crippen LogP contribution in [0.4, 0.5) is 18.9 Å². The lowest BCUT2D eigenvalue weighted by Crippen LogP contribution is -2.49. The van der Waals surface area contributed by atoms with Crippen LogP contribution in [0.3, 0.4) is 0 Å². The Bertz CT molecular complexity index is 1040. The van der Waals surface area contributed by atoms with E-state index >= 15 is 0 Å². The van der Waals surface area contributed by atoms with E-state index in [0.717, 1.165) is 5.56 Å². The molecule has 5 nitrogen and oxygen atoms in total. The first-order valence-electron chi connectivity index (χ1n) is 8.45. The van der Waals surface area contributed by atoms with Crippen LogP contribution in [0.5, 0.6) is 0 Å². The molecule has 0 bridgehead atoms. The first-order valence-corrected chi connectivity index (χ1v) is 10.3. The number of alkyl halides is 3. The number of halogens is 4. The Balaban J connectivity index is 2.28. The van der Waals surface area contributed by atoms with Crippen LogP contribution in [0.15, 0.2) is 35.2 Å². The van der Waals surface area contributed by atoms with E-state index in [1.165, 1.54) is 32.0 Å². The molecule has 0 saturated carbocycles. The highest BCUT2D eigenvalue weighted by Gasteiger charge is 2.42. The summed E-state index contributed by atoms with van der Waals surface area (Å²) in [5.41, 5.74) is 1.94. The molecule has 2 aromatic carbocycles. The van der Waals surface area contributed by atoms with Gasteiger partial charge in [0.05, 0.1) is 15.5 Å². The van der Waals surface area contributed by atoms with Crippen molar-refractivity contribution in [1.29, 1.82) is 5.26 Å². The fraction of sp³-hybridized carbons (Fsp3) is 0.316. The summed E-state index contributed by atoms with van der Waals surface area (Å²) in [5, 5.41) is 11.4. The molecule has 2 N–H and O–H groups in total. The molecule has 0 aromatic heterocycles. The summed E-state index contributed by atoms with van der Waals surface area (Å²) >= 11 is 5.87. The maximum atomic E-state index is 13.5. The number of hydrogen-bond donors (Lipinski definition) is 2. The summed E-state index contributed by atoms with van der Waals surface area (Å²) < 4.78 is 67.6. The van der Waals surface area contributed by atoms with Crippen molar-refractivity contribution in [2.75, 3.05) is 11.9 Å². The van der Waals surface area contributed by atoms with Crippen LogP contribution in [-0.2, 0) is 10.0 Å². The number of hydrogen-bond acceptors (Lipinski definition) is 4. The molecular formula is C19H19ClF3N3O2S. The van der Waals surface area contributed by atoms with Crippen LogP contribution >= 0.6 is 11.6 Å². The molecule has 0 radical (unpaired) electrons. The van der Waals surface area contributed by atoms with Gasteiger partial charge >= 0.3 is 6.18 Å². The average molecular weight is 446 g/mol. The van der Waals surface area contributed by atoms with Crippen LogP contribution in [0, 0.1) is 32.1 Å². The molecule has 0 fully saturated rings. The van der Waals surface area contributed by atoms with Gasteiger partial charge in [-0.3, -0.25) is 0 Å². The molecule has 156 valence electrons. The minimum absolute atomic E-state index is 0.0764. The molecule has 1 unspecified atom stereocenters. The van der Waals surface area contributed by atoms with Crippen molar-refractivity contribution in [3.63, 3.8) is 0 Å². The Labute approximate surface area is 172 Å². The zero-order valence-corrected chi connectivity index (χ0v) is 17.4. The maximum absolute atomic E-state index is 13.5. The Morgan fingerprint density at radius 2 is 1.72 bits per heavy atom. The van der Waals surface area contributed by atoms with Crippen LogP contribution in [0.25, 0.3) is 0 Å². The molecule has 0 amide bonds. The number of benzene rings is 2. The Morgan fingerprint density at radius 1 is 1.14 bits per heavy atom. The third kappa shape index (κ3) is 5.63. The molecule has 1 atom stereocenters. The second kappa shape index (κ2) is 8.61. The number of nitrogens with zero attached hydrogens (tertiary/aromatic N) is 1. The largest absolute Gasteiger partial charge is 0.406 e. The van der Waals surface area contributed by atoms with Crippen LogP contribution in [0.2, 0.25) is 5.02 Å². The van der Waals surface area contributed by atoms with Gasteiger partial charge in [0.1, 0.15) is 12.1 Å². The van der Waals surface area contributed by atoms with Gasteiger partial charge in [0.2, 0.25) is 10.0 Å². The molecule has 0 heterocycles. The minimum atomic E-state index is -4.83. The predicted octanol–water partition coefficient (Wildman–Crippen LogP) is 4.46.